The van der Waals surface area contributed by atoms with Crippen molar-refractivity contribution in [2.24, 2.45) is 0 Å². The summed E-state index contributed by atoms with van der Waals surface area (Å²) >= 11 is 1.27. The molecule has 2 aromatic carbocycles. The Morgan fingerprint density at radius 1 is 1.00 bits per heavy atom. The second-order valence-electron chi connectivity index (χ2n) is 5.10. The number of halogens is 3. The van der Waals surface area contributed by atoms with Crippen molar-refractivity contribution in [2.45, 2.75) is 0 Å². The van der Waals surface area contributed by atoms with Crippen molar-refractivity contribution in [3.63, 3.8) is 0 Å². The highest BCUT2D eigenvalue weighted by molar-refractivity contribution is 7.20. The molecule has 0 atom stereocenters. The van der Waals surface area contributed by atoms with Crippen LogP contribution in [0.25, 0.3) is 10.1 Å². The third-order valence-corrected chi connectivity index (χ3v) is 4.48. The van der Waals surface area contributed by atoms with Gasteiger partial charge >= 0.3 is 0 Å². The highest BCUT2D eigenvalue weighted by Gasteiger charge is 2.16. The van der Waals surface area contributed by atoms with Gasteiger partial charge in [-0.15, -0.1) is 11.3 Å². The molecule has 0 aliphatic heterocycles. The second kappa shape index (κ2) is 6.94. The number of fused-ring (bicyclic) bond motifs is 1. The fourth-order valence-electron chi connectivity index (χ4n) is 2.16. The Morgan fingerprint density at radius 3 is 2.52 bits per heavy atom. The van der Waals surface area contributed by atoms with Crippen molar-refractivity contribution in [1.82, 2.24) is 5.32 Å². The van der Waals surface area contributed by atoms with E-state index in [0.29, 0.717) is 10.9 Å². The van der Waals surface area contributed by atoms with Crippen molar-refractivity contribution >= 4 is 38.9 Å². The van der Waals surface area contributed by atoms with Crippen LogP contribution in [0.2, 0.25) is 0 Å². The van der Waals surface area contributed by atoms with Gasteiger partial charge in [0, 0.05) is 4.70 Å². The number of benzene rings is 2. The zero-order valence-electron chi connectivity index (χ0n) is 12.6. The van der Waals surface area contributed by atoms with E-state index in [1.54, 1.807) is 6.07 Å². The van der Waals surface area contributed by atoms with E-state index < -0.39 is 41.5 Å². The van der Waals surface area contributed by atoms with Crippen molar-refractivity contribution in [2.75, 3.05) is 11.9 Å². The lowest BCUT2D eigenvalue weighted by atomic mass is 10.2. The number of carbonyl (C=O) groups excluding carboxylic acids is 2. The van der Waals surface area contributed by atoms with E-state index in [9.17, 15) is 22.8 Å². The van der Waals surface area contributed by atoms with Crippen molar-refractivity contribution in [3.05, 3.63) is 64.8 Å². The van der Waals surface area contributed by atoms with Gasteiger partial charge < -0.3 is 10.6 Å². The van der Waals surface area contributed by atoms with Crippen LogP contribution in [-0.2, 0) is 4.79 Å². The second-order valence-corrected chi connectivity index (χ2v) is 6.19. The van der Waals surface area contributed by atoms with Crippen molar-refractivity contribution < 1.29 is 22.8 Å². The average Bonchev–Trinajstić information content (AvgIpc) is 3.04. The molecule has 3 aromatic rings. The highest BCUT2D eigenvalue weighted by atomic mass is 32.1. The maximum atomic E-state index is 13.5. The zero-order chi connectivity index (χ0) is 18.0. The van der Waals surface area contributed by atoms with Crippen LogP contribution in [0.15, 0.2) is 42.5 Å². The molecular formula is C17H11F3N2O2S. The predicted octanol–water partition coefficient (Wildman–Crippen LogP) is 3.69. The lowest BCUT2D eigenvalue weighted by molar-refractivity contribution is -0.115. The van der Waals surface area contributed by atoms with Gasteiger partial charge in [-0.05, 0) is 29.7 Å². The molecule has 0 spiro atoms. The Bertz CT molecular complexity index is 939. The number of amides is 2. The molecule has 8 heteroatoms. The Balaban J connectivity index is 1.62. The predicted molar refractivity (Wildman–Crippen MR) is 89.1 cm³/mol. The topological polar surface area (TPSA) is 58.2 Å². The van der Waals surface area contributed by atoms with E-state index in [2.05, 4.69) is 10.6 Å². The monoisotopic (exact) mass is 364 g/mol. The van der Waals surface area contributed by atoms with E-state index >= 15 is 0 Å². The van der Waals surface area contributed by atoms with Crippen LogP contribution in [0.3, 0.4) is 0 Å². The third-order valence-electron chi connectivity index (χ3n) is 3.37. The summed E-state index contributed by atoms with van der Waals surface area (Å²) < 4.78 is 40.4. The number of thiophene rings is 1. The average molecular weight is 364 g/mol. The SMILES string of the molecule is O=C(CNC(=O)c1cc2ccccc2s1)Nc1ccc(F)c(F)c1F. The van der Waals surface area contributed by atoms with Crippen LogP contribution in [0.1, 0.15) is 9.67 Å². The Hall–Kier alpha value is -2.87. The Labute approximate surface area is 144 Å². The molecular weight excluding hydrogens is 353 g/mol. The summed E-state index contributed by atoms with van der Waals surface area (Å²) in [4.78, 5) is 24.3. The van der Waals surface area contributed by atoms with Gasteiger partial charge in [0.25, 0.3) is 5.91 Å². The van der Waals surface area contributed by atoms with E-state index in [1.807, 2.05) is 24.3 Å². The molecule has 25 heavy (non-hydrogen) atoms. The van der Waals surface area contributed by atoms with Gasteiger partial charge in [-0.1, -0.05) is 18.2 Å². The summed E-state index contributed by atoms with van der Waals surface area (Å²) in [6.45, 7) is -0.439. The molecule has 3 rings (SSSR count). The fourth-order valence-corrected chi connectivity index (χ4v) is 3.14. The first-order valence-corrected chi connectivity index (χ1v) is 7.97. The molecule has 0 saturated heterocycles. The molecule has 0 fully saturated rings. The summed E-state index contributed by atoms with van der Waals surface area (Å²) in [7, 11) is 0. The molecule has 0 bridgehead atoms. The first kappa shape index (κ1) is 17.0. The molecule has 0 aliphatic carbocycles. The third kappa shape index (κ3) is 3.63. The van der Waals surface area contributed by atoms with Gasteiger partial charge in [-0.3, -0.25) is 9.59 Å². The van der Waals surface area contributed by atoms with E-state index in [1.165, 1.54) is 11.3 Å². The number of hydrogen-bond donors (Lipinski definition) is 2. The quantitative estimate of drug-likeness (QED) is 0.694. The van der Waals surface area contributed by atoms with E-state index in [-0.39, 0.29) is 0 Å². The summed E-state index contributed by atoms with van der Waals surface area (Å²) in [5.74, 6) is -5.74. The number of rotatable bonds is 4. The first-order chi connectivity index (χ1) is 12.0. The molecule has 0 aliphatic rings. The van der Waals surface area contributed by atoms with Crippen LogP contribution < -0.4 is 10.6 Å². The van der Waals surface area contributed by atoms with Gasteiger partial charge in [0.05, 0.1) is 17.1 Å². The molecule has 4 nitrogen and oxygen atoms in total. The zero-order valence-corrected chi connectivity index (χ0v) is 13.4. The molecule has 0 unspecified atom stereocenters. The lowest BCUT2D eigenvalue weighted by Gasteiger charge is -2.08. The Kier molecular flexibility index (Phi) is 4.71. The van der Waals surface area contributed by atoms with Crippen LogP contribution in [-0.4, -0.2) is 18.4 Å². The normalized spacial score (nSPS) is 10.7. The summed E-state index contributed by atoms with van der Waals surface area (Å²) in [6.07, 6.45) is 0. The number of hydrogen-bond acceptors (Lipinski definition) is 3. The largest absolute Gasteiger partial charge is 0.342 e. The number of carbonyl (C=O) groups is 2. The summed E-state index contributed by atoms with van der Waals surface area (Å²) in [5.41, 5.74) is -0.500. The van der Waals surface area contributed by atoms with Gasteiger partial charge in [0.15, 0.2) is 17.5 Å². The molecule has 0 radical (unpaired) electrons. The standard InChI is InChI=1S/C17H11F3N2O2S/c18-10-5-6-11(16(20)15(10)19)22-14(23)8-21-17(24)13-7-9-3-1-2-4-12(9)25-13/h1-7H,8H2,(H,21,24)(H,22,23). The molecule has 2 amide bonds. The number of nitrogens with one attached hydrogen (secondary N) is 2. The van der Waals surface area contributed by atoms with Crippen molar-refractivity contribution in [1.29, 1.82) is 0 Å². The highest BCUT2D eigenvalue weighted by Crippen LogP contribution is 2.25. The van der Waals surface area contributed by atoms with E-state index in [0.717, 1.165) is 16.2 Å². The maximum Gasteiger partial charge on any atom is 0.261 e. The molecule has 128 valence electrons. The minimum Gasteiger partial charge on any atom is -0.342 e. The minimum atomic E-state index is -1.67. The molecule has 1 aromatic heterocycles. The molecule has 0 saturated carbocycles. The lowest BCUT2D eigenvalue weighted by Crippen LogP contribution is -2.32. The van der Waals surface area contributed by atoms with Gasteiger partial charge in [-0.25, -0.2) is 13.2 Å². The van der Waals surface area contributed by atoms with Crippen molar-refractivity contribution in [3.8, 4) is 0 Å². The Morgan fingerprint density at radius 2 is 1.76 bits per heavy atom. The van der Waals surface area contributed by atoms with Crippen LogP contribution in [0.4, 0.5) is 18.9 Å². The smallest absolute Gasteiger partial charge is 0.261 e. The van der Waals surface area contributed by atoms with Gasteiger partial charge in [0.2, 0.25) is 5.91 Å². The first-order valence-electron chi connectivity index (χ1n) is 7.16. The van der Waals surface area contributed by atoms with Gasteiger partial charge in [-0.2, -0.15) is 0 Å². The summed E-state index contributed by atoms with van der Waals surface area (Å²) in [6, 6.07) is 10.7. The van der Waals surface area contributed by atoms with Gasteiger partial charge in [0.1, 0.15) is 0 Å². The molecule has 1 heterocycles. The van der Waals surface area contributed by atoms with Crippen LogP contribution in [0, 0.1) is 17.5 Å². The summed E-state index contributed by atoms with van der Waals surface area (Å²) in [5, 5.41) is 5.38. The minimum absolute atomic E-state index is 0.424. The maximum absolute atomic E-state index is 13.5. The van der Waals surface area contributed by atoms with Crippen LogP contribution >= 0.6 is 11.3 Å². The van der Waals surface area contributed by atoms with Crippen LogP contribution in [0.5, 0.6) is 0 Å². The van der Waals surface area contributed by atoms with E-state index in [4.69, 9.17) is 0 Å². The fraction of sp³-hybridized carbons (Fsp3) is 0.0588. The number of anilines is 1. The molecule has 2 N–H and O–H groups in total.